The third kappa shape index (κ3) is 4.93. The van der Waals surface area contributed by atoms with Gasteiger partial charge in [0.05, 0.1) is 5.57 Å². The summed E-state index contributed by atoms with van der Waals surface area (Å²) >= 11 is 0. The van der Waals surface area contributed by atoms with Gasteiger partial charge in [0.2, 0.25) is 5.91 Å². The molecule has 0 atom stereocenters. The van der Waals surface area contributed by atoms with E-state index in [4.69, 9.17) is 4.74 Å². The lowest BCUT2D eigenvalue weighted by molar-refractivity contribution is -0.137. The number of imide groups is 1. The number of para-hydroxylation sites is 1. The summed E-state index contributed by atoms with van der Waals surface area (Å²) in [5, 5.41) is 5.81. The van der Waals surface area contributed by atoms with Gasteiger partial charge >= 0.3 is 0 Å². The molecular weight excluding hydrogens is 382 g/mol. The number of ether oxygens (including phenoxy) is 1. The van der Waals surface area contributed by atoms with Gasteiger partial charge in [0.15, 0.2) is 0 Å². The van der Waals surface area contributed by atoms with Crippen LogP contribution in [-0.4, -0.2) is 42.4 Å². The first-order valence-electron chi connectivity index (χ1n) is 9.89. The molecule has 2 N–H and O–H groups in total. The van der Waals surface area contributed by atoms with Crippen LogP contribution in [0.5, 0.6) is 0 Å². The van der Waals surface area contributed by atoms with E-state index in [2.05, 4.69) is 10.6 Å². The number of anilines is 2. The number of nitrogens with one attached hydrogen (secondary N) is 2. The van der Waals surface area contributed by atoms with Gasteiger partial charge in [-0.1, -0.05) is 30.3 Å². The molecule has 0 fully saturated rings. The van der Waals surface area contributed by atoms with E-state index in [1.165, 1.54) is 11.8 Å². The van der Waals surface area contributed by atoms with Crippen molar-refractivity contribution in [1.29, 1.82) is 0 Å². The summed E-state index contributed by atoms with van der Waals surface area (Å²) in [6, 6.07) is 16.1. The molecule has 1 heterocycles. The van der Waals surface area contributed by atoms with Crippen molar-refractivity contribution in [2.45, 2.75) is 20.3 Å². The highest BCUT2D eigenvalue weighted by atomic mass is 16.5. The maximum Gasteiger partial charge on any atom is 0.278 e. The summed E-state index contributed by atoms with van der Waals surface area (Å²) in [7, 11) is 0. The molecule has 2 aromatic carbocycles. The van der Waals surface area contributed by atoms with Crippen molar-refractivity contribution in [3.05, 3.63) is 65.9 Å². The van der Waals surface area contributed by atoms with Gasteiger partial charge in [0, 0.05) is 38.1 Å². The average molecular weight is 407 g/mol. The predicted octanol–water partition coefficient (Wildman–Crippen LogP) is 3.26. The summed E-state index contributed by atoms with van der Waals surface area (Å²) in [6.07, 6.45) is 0.568. The summed E-state index contributed by atoms with van der Waals surface area (Å²) < 4.78 is 5.33. The highest BCUT2D eigenvalue weighted by Crippen LogP contribution is 2.31. The van der Waals surface area contributed by atoms with Crippen LogP contribution in [0, 0.1) is 0 Å². The second-order valence-electron chi connectivity index (χ2n) is 6.81. The normalized spacial score (nSPS) is 13.7. The van der Waals surface area contributed by atoms with Gasteiger partial charge in [-0.3, -0.25) is 19.3 Å². The molecular formula is C23H25N3O4. The van der Waals surface area contributed by atoms with E-state index in [1.54, 1.807) is 24.3 Å². The zero-order chi connectivity index (χ0) is 21.5. The monoisotopic (exact) mass is 407 g/mol. The Labute approximate surface area is 175 Å². The number of carbonyl (C=O) groups is 3. The number of carbonyl (C=O) groups excluding carboxylic acids is 3. The Morgan fingerprint density at radius 3 is 2.30 bits per heavy atom. The molecule has 0 unspecified atom stereocenters. The molecule has 0 saturated carbocycles. The Morgan fingerprint density at radius 1 is 0.967 bits per heavy atom. The molecule has 7 heteroatoms. The molecule has 2 aromatic rings. The molecule has 0 spiro atoms. The van der Waals surface area contributed by atoms with Gasteiger partial charge in [-0.25, -0.2) is 0 Å². The van der Waals surface area contributed by atoms with E-state index in [-0.39, 0.29) is 30.0 Å². The number of hydrogen-bond acceptors (Lipinski definition) is 5. The standard InChI is InChI=1S/C23H25N3O4/c1-3-30-15-7-14-26-22(28)20(17-10-12-19(13-11-17)24-16(2)27)21(23(26)29)25-18-8-5-4-6-9-18/h4-6,8-13,25H,3,7,14-15H2,1-2H3,(H,24,27). The number of hydrogen-bond donors (Lipinski definition) is 2. The maximum atomic E-state index is 13.1. The maximum absolute atomic E-state index is 13.1. The Balaban J connectivity index is 1.91. The van der Waals surface area contributed by atoms with Crippen LogP contribution in [0.1, 0.15) is 25.8 Å². The van der Waals surface area contributed by atoms with Gasteiger partial charge in [-0.2, -0.15) is 0 Å². The summed E-state index contributed by atoms with van der Waals surface area (Å²) in [5.74, 6) is -0.885. The van der Waals surface area contributed by atoms with Crippen molar-refractivity contribution in [3.63, 3.8) is 0 Å². The third-order valence-electron chi connectivity index (χ3n) is 4.58. The van der Waals surface area contributed by atoms with Crippen LogP contribution < -0.4 is 10.6 Å². The molecule has 0 bridgehead atoms. The Morgan fingerprint density at radius 2 is 1.67 bits per heavy atom. The van der Waals surface area contributed by atoms with Crippen LogP contribution in [0.25, 0.3) is 5.57 Å². The lowest BCUT2D eigenvalue weighted by Crippen LogP contribution is -2.34. The van der Waals surface area contributed by atoms with Crippen molar-refractivity contribution in [2.75, 3.05) is 30.4 Å². The zero-order valence-corrected chi connectivity index (χ0v) is 17.1. The second-order valence-corrected chi connectivity index (χ2v) is 6.81. The van der Waals surface area contributed by atoms with Crippen LogP contribution in [0.4, 0.5) is 11.4 Å². The van der Waals surface area contributed by atoms with E-state index in [1.807, 2.05) is 37.3 Å². The summed E-state index contributed by atoms with van der Waals surface area (Å²) in [6.45, 7) is 4.68. The Kier molecular flexibility index (Phi) is 6.98. The Hall–Kier alpha value is -3.45. The minimum absolute atomic E-state index is 0.180. The SMILES string of the molecule is CCOCCCN1C(=O)C(Nc2ccccc2)=C(c2ccc(NC(C)=O)cc2)C1=O. The number of rotatable bonds is 9. The lowest BCUT2D eigenvalue weighted by atomic mass is 10.0. The van der Waals surface area contributed by atoms with Gasteiger partial charge in [-0.05, 0) is 43.2 Å². The first-order chi connectivity index (χ1) is 14.5. The van der Waals surface area contributed by atoms with E-state index in [0.29, 0.717) is 36.5 Å². The van der Waals surface area contributed by atoms with Crippen molar-refractivity contribution in [3.8, 4) is 0 Å². The van der Waals surface area contributed by atoms with Crippen LogP contribution in [0.3, 0.4) is 0 Å². The fraction of sp³-hybridized carbons (Fsp3) is 0.261. The second kappa shape index (κ2) is 9.84. The fourth-order valence-electron chi connectivity index (χ4n) is 3.22. The largest absolute Gasteiger partial charge is 0.382 e. The van der Waals surface area contributed by atoms with Crippen molar-refractivity contribution in [1.82, 2.24) is 4.90 Å². The van der Waals surface area contributed by atoms with Crippen LogP contribution in [0.2, 0.25) is 0 Å². The molecule has 30 heavy (non-hydrogen) atoms. The van der Waals surface area contributed by atoms with E-state index in [0.717, 1.165) is 5.69 Å². The van der Waals surface area contributed by atoms with Crippen molar-refractivity contribution < 1.29 is 19.1 Å². The highest BCUT2D eigenvalue weighted by molar-refractivity contribution is 6.36. The zero-order valence-electron chi connectivity index (χ0n) is 17.1. The van der Waals surface area contributed by atoms with Gasteiger partial charge in [0.1, 0.15) is 5.70 Å². The van der Waals surface area contributed by atoms with Crippen LogP contribution >= 0.6 is 0 Å². The molecule has 156 valence electrons. The lowest BCUT2D eigenvalue weighted by Gasteiger charge is -2.15. The quantitative estimate of drug-likeness (QED) is 0.492. The topological polar surface area (TPSA) is 87.7 Å². The van der Waals surface area contributed by atoms with Crippen LogP contribution in [0.15, 0.2) is 60.3 Å². The van der Waals surface area contributed by atoms with Gasteiger partial charge in [0.25, 0.3) is 11.8 Å². The number of amides is 3. The van der Waals surface area contributed by atoms with E-state index >= 15 is 0 Å². The van der Waals surface area contributed by atoms with Crippen molar-refractivity contribution in [2.24, 2.45) is 0 Å². The van der Waals surface area contributed by atoms with E-state index < -0.39 is 0 Å². The molecule has 3 rings (SSSR count). The molecule has 7 nitrogen and oxygen atoms in total. The molecule has 1 aliphatic rings. The smallest absolute Gasteiger partial charge is 0.278 e. The fourth-order valence-corrected chi connectivity index (χ4v) is 3.22. The molecule has 0 aliphatic carbocycles. The summed E-state index contributed by atoms with van der Waals surface area (Å²) in [5.41, 5.74) is 2.50. The number of benzene rings is 2. The van der Waals surface area contributed by atoms with Crippen molar-refractivity contribution >= 4 is 34.7 Å². The third-order valence-corrected chi connectivity index (χ3v) is 4.58. The molecule has 0 radical (unpaired) electrons. The van der Waals surface area contributed by atoms with Gasteiger partial charge < -0.3 is 15.4 Å². The summed E-state index contributed by atoms with van der Waals surface area (Å²) in [4.78, 5) is 38.7. The predicted molar refractivity (Wildman–Crippen MR) is 116 cm³/mol. The van der Waals surface area contributed by atoms with Gasteiger partial charge in [-0.15, -0.1) is 0 Å². The molecule has 1 aliphatic heterocycles. The number of nitrogens with zero attached hydrogens (tertiary/aromatic N) is 1. The Bertz CT molecular complexity index is 952. The average Bonchev–Trinajstić information content (AvgIpc) is 2.96. The first-order valence-corrected chi connectivity index (χ1v) is 9.89. The first kappa shape index (κ1) is 21.3. The molecule has 3 amide bonds. The van der Waals surface area contributed by atoms with Crippen LogP contribution in [-0.2, 0) is 19.1 Å². The molecule has 0 aromatic heterocycles. The minimum Gasteiger partial charge on any atom is -0.382 e. The minimum atomic E-state index is -0.360. The highest BCUT2D eigenvalue weighted by Gasteiger charge is 2.38. The molecule has 0 saturated heterocycles. The van der Waals surface area contributed by atoms with E-state index in [9.17, 15) is 14.4 Å².